The molecule has 1 amide bonds. The minimum Gasteiger partial charge on any atom is -0.480 e. The fourth-order valence-corrected chi connectivity index (χ4v) is 1.80. The summed E-state index contributed by atoms with van der Waals surface area (Å²) in [7, 11) is -3.39. The van der Waals surface area contributed by atoms with Crippen molar-refractivity contribution in [3.05, 3.63) is 0 Å². The number of carbonyl (C=O) groups excluding carboxylic acids is 1. The van der Waals surface area contributed by atoms with Crippen molar-refractivity contribution in [1.82, 2.24) is 5.32 Å². The molecule has 2 N–H and O–H groups in total. The van der Waals surface area contributed by atoms with Crippen LogP contribution in [0.3, 0.4) is 0 Å². The van der Waals surface area contributed by atoms with E-state index >= 15 is 0 Å². The van der Waals surface area contributed by atoms with Crippen LogP contribution in [-0.2, 0) is 19.4 Å². The number of carboxylic acid groups (broad SMARTS) is 1. The van der Waals surface area contributed by atoms with Crippen LogP contribution in [0.15, 0.2) is 0 Å². The molecule has 1 fully saturated rings. The third-order valence-electron chi connectivity index (χ3n) is 2.33. The highest BCUT2D eigenvalue weighted by atomic mass is 32.2. The minimum atomic E-state index is -3.39. The van der Waals surface area contributed by atoms with E-state index in [1.165, 1.54) is 6.92 Å². The van der Waals surface area contributed by atoms with Gasteiger partial charge in [-0.1, -0.05) is 6.92 Å². The lowest BCUT2D eigenvalue weighted by Gasteiger charge is -2.11. The molecule has 0 heterocycles. The van der Waals surface area contributed by atoms with Gasteiger partial charge in [0.1, 0.15) is 11.3 Å². The molecule has 0 saturated heterocycles. The monoisotopic (exact) mass is 235 g/mol. The first-order valence-corrected chi connectivity index (χ1v) is 6.38. The van der Waals surface area contributed by atoms with Gasteiger partial charge in [-0.15, -0.1) is 0 Å². The van der Waals surface area contributed by atoms with E-state index in [0.29, 0.717) is 12.8 Å². The average Bonchev–Trinajstić information content (AvgIpc) is 2.84. The van der Waals surface area contributed by atoms with E-state index in [2.05, 4.69) is 5.32 Å². The molecule has 0 bridgehead atoms. The van der Waals surface area contributed by atoms with Gasteiger partial charge in [0.2, 0.25) is 5.91 Å². The molecule has 0 radical (unpaired) electrons. The minimum absolute atomic E-state index is 0.125. The maximum atomic E-state index is 11.2. The summed E-state index contributed by atoms with van der Waals surface area (Å²) in [5, 5.41) is 11.0. The van der Waals surface area contributed by atoms with Crippen LogP contribution < -0.4 is 5.32 Å². The first-order chi connectivity index (χ1) is 6.81. The van der Waals surface area contributed by atoms with Crippen molar-refractivity contribution >= 4 is 21.7 Å². The second kappa shape index (κ2) is 3.80. The van der Waals surface area contributed by atoms with Gasteiger partial charge in [0.05, 0.1) is 0 Å². The van der Waals surface area contributed by atoms with Crippen LogP contribution in [0.25, 0.3) is 0 Å². The summed E-state index contributed by atoms with van der Waals surface area (Å²) >= 11 is 0. The molecule has 1 aliphatic rings. The summed E-state index contributed by atoms with van der Waals surface area (Å²) < 4.78 is 22.2. The second-order valence-corrected chi connectivity index (χ2v) is 5.97. The largest absolute Gasteiger partial charge is 0.480 e. The first kappa shape index (κ1) is 12.0. The van der Waals surface area contributed by atoms with Gasteiger partial charge in [0, 0.05) is 5.75 Å². The van der Waals surface area contributed by atoms with E-state index in [9.17, 15) is 18.0 Å². The van der Waals surface area contributed by atoms with Gasteiger partial charge in [-0.05, 0) is 12.8 Å². The predicted molar refractivity (Wildman–Crippen MR) is 52.1 cm³/mol. The van der Waals surface area contributed by atoms with Crippen molar-refractivity contribution in [3.63, 3.8) is 0 Å². The standard InChI is InChI=1S/C8H13NO5S/c1-2-15(13,14)5-6(10)9-8(3-4-8)7(11)12/h2-5H2,1H3,(H,9,10)(H,11,12). The Morgan fingerprint density at radius 3 is 2.27 bits per heavy atom. The first-order valence-electron chi connectivity index (χ1n) is 4.56. The Hall–Kier alpha value is -1.11. The lowest BCUT2D eigenvalue weighted by Crippen LogP contribution is -2.45. The molecule has 0 aromatic rings. The van der Waals surface area contributed by atoms with E-state index in [1.807, 2.05) is 0 Å². The van der Waals surface area contributed by atoms with Crippen LogP contribution in [0, 0.1) is 0 Å². The third kappa shape index (κ3) is 2.92. The Labute approximate surface area is 87.6 Å². The average molecular weight is 235 g/mol. The number of hydrogen-bond acceptors (Lipinski definition) is 4. The maximum absolute atomic E-state index is 11.2. The third-order valence-corrected chi connectivity index (χ3v) is 3.91. The van der Waals surface area contributed by atoms with Gasteiger partial charge >= 0.3 is 5.97 Å². The topological polar surface area (TPSA) is 101 Å². The Kier molecular flexibility index (Phi) is 3.03. The van der Waals surface area contributed by atoms with Crippen LogP contribution in [0.4, 0.5) is 0 Å². The summed E-state index contributed by atoms with van der Waals surface area (Å²) in [5.41, 5.74) is -1.21. The van der Waals surface area contributed by atoms with Crippen molar-refractivity contribution in [1.29, 1.82) is 0 Å². The number of hydrogen-bond donors (Lipinski definition) is 2. The van der Waals surface area contributed by atoms with Gasteiger partial charge in [0.15, 0.2) is 9.84 Å². The fraction of sp³-hybridized carbons (Fsp3) is 0.750. The molecule has 6 nitrogen and oxygen atoms in total. The molecule has 0 aromatic heterocycles. The summed E-state index contributed by atoms with van der Waals surface area (Å²) in [6.45, 7) is 1.44. The summed E-state index contributed by atoms with van der Waals surface area (Å²) in [5.74, 6) is -2.61. The molecule has 86 valence electrons. The molecule has 0 aliphatic heterocycles. The second-order valence-electron chi connectivity index (χ2n) is 3.61. The van der Waals surface area contributed by atoms with Crippen LogP contribution in [0.1, 0.15) is 19.8 Å². The van der Waals surface area contributed by atoms with Gasteiger partial charge in [-0.3, -0.25) is 4.79 Å². The number of nitrogens with one attached hydrogen (secondary N) is 1. The molecule has 0 aromatic carbocycles. The zero-order valence-corrected chi connectivity index (χ0v) is 9.13. The molecule has 0 spiro atoms. The smallest absolute Gasteiger partial charge is 0.329 e. The van der Waals surface area contributed by atoms with E-state index in [0.717, 1.165) is 0 Å². The molecular weight excluding hydrogens is 222 g/mol. The van der Waals surface area contributed by atoms with Crippen LogP contribution in [0.2, 0.25) is 0 Å². The van der Waals surface area contributed by atoms with Gasteiger partial charge in [0.25, 0.3) is 0 Å². The van der Waals surface area contributed by atoms with E-state index in [4.69, 9.17) is 5.11 Å². The van der Waals surface area contributed by atoms with Crippen molar-refractivity contribution in [3.8, 4) is 0 Å². The van der Waals surface area contributed by atoms with Crippen molar-refractivity contribution in [2.75, 3.05) is 11.5 Å². The molecule has 1 saturated carbocycles. The highest BCUT2D eigenvalue weighted by molar-refractivity contribution is 7.92. The zero-order chi connectivity index (χ0) is 11.7. The highest BCUT2D eigenvalue weighted by Crippen LogP contribution is 2.35. The van der Waals surface area contributed by atoms with Gasteiger partial charge in [-0.2, -0.15) is 0 Å². The summed E-state index contributed by atoms with van der Waals surface area (Å²) in [4.78, 5) is 21.9. The normalized spacial score (nSPS) is 18.2. The van der Waals surface area contributed by atoms with Crippen molar-refractivity contribution in [2.24, 2.45) is 0 Å². The van der Waals surface area contributed by atoms with E-state index in [1.54, 1.807) is 0 Å². The maximum Gasteiger partial charge on any atom is 0.329 e. The Bertz CT molecular complexity index is 382. The SMILES string of the molecule is CCS(=O)(=O)CC(=O)NC1(C(=O)O)CC1. The van der Waals surface area contributed by atoms with Crippen molar-refractivity contribution < 1.29 is 23.1 Å². The van der Waals surface area contributed by atoms with E-state index < -0.39 is 33.0 Å². The number of carboxylic acids is 1. The number of aliphatic carboxylic acids is 1. The Balaban J connectivity index is 2.55. The number of sulfone groups is 1. The van der Waals surface area contributed by atoms with Gasteiger partial charge in [-0.25, -0.2) is 13.2 Å². The molecule has 0 atom stereocenters. The zero-order valence-electron chi connectivity index (χ0n) is 8.32. The number of rotatable bonds is 5. The molecule has 1 aliphatic carbocycles. The molecule has 0 unspecified atom stereocenters. The predicted octanol–water partition coefficient (Wildman–Crippen LogP) is -0.845. The molecule has 1 rings (SSSR count). The van der Waals surface area contributed by atoms with Crippen molar-refractivity contribution in [2.45, 2.75) is 25.3 Å². The summed E-state index contributed by atoms with van der Waals surface area (Å²) in [6, 6.07) is 0. The molecule has 15 heavy (non-hydrogen) atoms. The highest BCUT2D eigenvalue weighted by Gasteiger charge is 2.51. The quantitative estimate of drug-likeness (QED) is 0.646. The Morgan fingerprint density at radius 1 is 1.40 bits per heavy atom. The lowest BCUT2D eigenvalue weighted by atomic mass is 10.3. The van der Waals surface area contributed by atoms with Crippen LogP contribution in [-0.4, -0.2) is 42.4 Å². The Morgan fingerprint density at radius 2 is 1.93 bits per heavy atom. The molecule has 7 heteroatoms. The lowest BCUT2D eigenvalue weighted by molar-refractivity contribution is -0.142. The van der Waals surface area contributed by atoms with Crippen LogP contribution >= 0.6 is 0 Å². The summed E-state index contributed by atoms with van der Waals surface area (Å²) in [6.07, 6.45) is 0.723. The van der Waals surface area contributed by atoms with Gasteiger partial charge < -0.3 is 10.4 Å². The van der Waals surface area contributed by atoms with E-state index in [-0.39, 0.29) is 5.75 Å². The number of amides is 1. The fourth-order valence-electron chi connectivity index (χ4n) is 1.12. The van der Waals surface area contributed by atoms with Crippen LogP contribution in [0.5, 0.6) is 0 Å². The molecular formula is C8H13NO5S. The number of carbonyl (C=O) groups is 2.